The van der Waals surface area contributed by atoms with Crippen LogP contribution in [0.1, 0.15) is 47.3 Å². The molecule has 0 fully saturated rings. The number of rotatable bonds is 4. The summed E-state index contributed by atoms with van der Waals surface area (Å²) >= 11 is 0. The Morgan fingerprint density at radius 2 is 1.95 bits per heavy atom. The molecule has 0 saturated carbocycles. The van der Waals surface area contributed by atoms with Crippen LogP contribution < -0.4 is 16.6 Å². The van der Waals surface area contributed by atoms with Gasteiger partial charge in [-0.3, -0.25) is 18.8 Å². The molecule has 11 heteroatoms. The predicted octanol–water partition coefficient (Wildman–Crippen LogP) is 2.63. The normalized spacial score (nSPS) is 13.5. The number of aryl methyl sites for hydroxylation is 1. The molecule has 0 spiro atoms. The molecule has 0 aliphatic heterocycles. The van der Waals surface area contributed by atoms with E-state index in [-0.39, 0.29) is 33.8 Å². The third-order valence-electron chi connectivity index (χ3n) is 6.16. The van der Waals surface area contributed by atoms with Crippen LogP contribution in [0.2, 0.25) is 0 Å². The summed E-state index contributed by atoms with van der Waals surface area (Å²) in [5.74, 6) is 5.09. The Morgan fingerprint density at radius 1 is 1.12 bits per heavy atom. The SMILES string of the molecule is [2H]c1c([2H])c([2H])c(-n2c([C@@H](C)NC(=O)c3c(N)nn4cccnc34)nc3cccc(C#Cc4ccnn4C)c3c2=O)c([2H])c1[2H]. The molecule has 1 atom stereocenters. The third kappa shape index (κ3) is 4.23. The lowest BCUT2D eigenvalue weighted by molar-refractivity contribution is 0.0940. The van der Waals surface area contributed by atoms with Gasteiger partial charge in [0.1, 0.15) is 17.1 Å². The number of aromatic nitrogens is 7. The summed E-state index contributed by atoms with van der Waals surface area (Å²) in [7, 11) is 1.72. The lowest BCUT2D eigenvalue weighted by Gasteiger charge is -2.20. The van der Waals surface area contributed by atoms with E-state index < -0.39 is 53.4 Å². The minimum Gasteiger partial charge on any atom is -0.381 e. The highest BCUT2D eigenvalue weighted by Gasteiger charge is 2.24. The van der Waals surface area contributed by atoms with Gasteiger partial charge < -0.3 is 11.1 Å². The van der Waals surface area contributed by atoms with E-state index in [0.717, 1.165) is 4.57 Å². The van der Waals surface area contributed by atoms with Crippen molar-refractivity contribution in [1.82, 2.24) is 39.2 Å². The van der Waals surface area contributed by atoms with Crippen LogP contribution in [0.25, 0.3) is 22.2 Å². The van der Waals surface area contributed by atoms with Gasteiger partial charge in [-0.1, -0.05) is 30.1 Å². The summed E-state index contributed by atoms with van der Waals surface area (Å²) < 4.78 is 45.6. The van der Waals surface area contributed by atoms with Gasteiger partial charge in [0, 0.05) is 25.0 Å². The number of carbonyl (C=O) groups is 1. The first kappa shape index (κ1) is 19.3. The quantitative estimate of drug-likeness (QED) is 0.332. The Morgan fingerprint density at radius 3 is 2.73 bits per heavy atom. The number of anilines is 1. The molecule has 0 radical (unpaired) electrons. The van der Waals surface area contributed by atoms with Crippen molar-refractivity contribution in [1.29, 1.82) is 0 Å². The van der Waals surface area contributed by atoms with Gasteiger partial charge in [0.15, 0.2) is 11.5 Å². The number of carbonyl (C=O) groups excluding carboxylic acids is 1. The molecule has 1 amide bonds. The zero-order chi connectivity index (χ0) is 32.2. The van der Waals surface area contributed by atoms with Gasteiger partial charge in [-0.05, 0) is 49.2 Å². The van der Waals surface area contributed by atoms with Crippen molar-refractivity contribution in [2.75, 3.05) is 5.73 Å². The monoisotopic (exact) mass is 534 g/mol. The fourth-order valence-electron chi connectivity index (χ4n) is 4.30. The molecule has 0 unspecified atom stereocenters. The molecule has 6 rings (SSSR count). The molecule has 4 heterocycles. The van der Waals surface area contributed by atoms with E-state index in [2.05, 4.69) is 37.3 Å². The molecule has 11 nitrogen and oxygen atoms in total. The van der Waals surface area contributed by atoms with Crippen LogP contribution in [0, 0.1) is 11.8 Å². The average Bonchev–Trinajstić information content (AvgIpc) is 3.59. The number of hydrogen-bond acceptors (Lipinski definition) is 7. The minimum atomic E-state index is -1.05. The Kier molecular flexibility index (Phi) is 4.76. The first-order chi connectivity index (χ1) is 21.5. The molecule has 0 saturated heterocycles. The number of hydrogen-bond donors (Lipinski definition) is 2. The predicted molar refractivity (Wildman–Crippen MR) is 150 cm³/mol. The topological polar surface area (TPSA) is 138 Å². The van der Waals surface area contributed by atoms with Crippen molar-refractivity contribution in [3.8, 4) is 17.5 Å². The molecule has 40 heavy (non-hydrogen) atoms. The summed E-state index contributed by atoms with van der Waals surface area (Å²) in [5, 5.41) is 11.0. The minimum absolute atomic E-state index is 0.00679. The molecule has 196 valence electrons. The standard InChI is InChI=1S/C29H23N9O2/c1-18(33-28(39)24-25(30)35-37-17-7-15-31-27(24)37)26-34-22-11-6-8-19(12-13-20-14-16-32-36(20)2)23(22)29(40)38(26)21-9-4-3-5-10-21/h3-11,14-18H,1-2H3,(H2,30,35)(H,33,39)/t18-/m1/s1/i3D,4D,5D,9D,10D. The van der Waals surface area contributed by atoms with Gasteiger partial charge in [0.05, 0.1) is 35.7 Å². The fraction of sp³-hybridized carbons (Fsp3) is 0.103. The van der Waals surface area contributed by atoms with E-state index in [4.69, 9.17) is 12.6 Å². The second-order valence-electron chi connectivity index (χ2n) is 8.72. The summed E-state index contributed by atoms with van der Waals surface area (Å²) in [6, 6.07) is 3.98. The first-order valence-electron chi connectivity index (χ1n) is 14.5. The second kappa shape index (κ2) is 9.85. The summed E-state index contributed by atoms with van der Waals surface area (Å²) in [6.07, 6.45) is 4.64. The van der Waals surface area contributed by atoms with Crippen LogP contribution in [0.3, 0.4) is 0 Å². The van der Waals surface area contributed by atoms with Crippen molar-refractivity contribution < 1.29 is 11.6 Å². The Bertz CT molecular complexity index is 2290. The van der Waals surface area contributed by atoms with E-state index in [1.807, 2.05) is 0 Å². The smallest absolute Gasteiger partial charge is 0.267 e. The van der Waals surface area contributed by atoms with E-state index in [9.17, 15) is 9.59 Å². The molecule has 0 aliphatic carbocycles. The van der Waals surface area contributed by atoms with E-state index in [1.165, 1.54) is 10.7 Å². The molecule has 4 aromatic heterocycles. The average molecular weight is 535 g/mol. The van der Waals surface area contributed by atoms with Crippen molar-refractivity contribution in [2.24, 2.45) is 7.05 Å². The van der Waals surface area contributed by atoms with Crippen molar-refractivity contribution in [2.45, 2.75) is 13.0 Å². The largest absolute Gasteiger partial charge is 0.381 e. The number of amides is 1. The maximum Gasteiger partial charge on any atom is 0.267 e. The van der Waals surface area contributed by atoms with Crippen LogP contribution in [-0.4, -0.2) is 39.8 Å². The molecule has 2 aromatic carbocycles. The Hall–Kier alpha value is -5.76. The number of nitrogen functional groups attached to an aromatic ring is 1. The lowest BCUT2D eigenvalue weighted by atomic mass is 10.1. The van der Waals surface area contributed by atoms with Gasteiger partial charge >= 0.3 is 0 Å². The van der Waals surface area contributed by atoms with E-state index in [1.54, 1.807) is 61.4 Å². The molecular formula is C29H23N9O2. The number of benzene rings is 2. The second-order valence-corrected chi connectivity index (χ2v) is 8.72. The Balaban J connectivity index is 1.59. The highest BCUT2D eigenvalue weighted by atomic mass is 16.2. The third-order valence-corrected chi connectivity index (χ3v) is 6.16. The van der Waals surface area contributed by atoms with Gasteiger partial charge in [-0.25, -0.2) is 14.5 Å². The zero-order valence-corrected chi connectivity index (χ0v) is 21.2. The fourth-order valence-corrected chi connectivity index (χ4v) is 4.30. The maximum absolute atomic E-state index is 14.4. The number of nitrogens with two attached hydrogens (primary N) is 1. The number of nitrogens with zero attached hydrogens (tertiary/aromatic N) is 7. The van der Waals surface area contributed by atoms with E-state index in [0.29, 0.717) is 11.3 Å². The molecule has 3 N–H and O–H groups in total. The van der Waals surface area contributed by atoms with Crippen molar-refractivity contribution in [3.63, 3.8) is 0 Å². The lowest BCUT2D eigenvalue weighted by Crippen LogP contribution is -2.33. The number of fused-ring (bicyclic) bond motifs is 2. The van der Waals surface area contributed by atoms with Crippen molar-refractivity contribution in [3.05, 3.63) is 112 Å². The zero-order valence-electron chi connectivity index (χ0n) is 26.2. The van der Waals surface area contributed by atoms with Crippen molar-refractivity contribution >= 4 is 28.3 Å². The van der Waals surface area contributed by atoms with Gasteiger partial charge in [-0.2, -0.15) is 5.10 Å². The van der Waals surface area contributed by atoms with Gasteiger partial charge in [-0.15, -0.1) is 5.10 Å². The van der Waals surface area contributed by atoms with Crippen LogP contribution in [-0.2, 0) is 7.05 Å². The molecule has 0 aliphatic rings. The van der Waals surface area contributed by atoms with Crippen LogP contribution in [0.5, 0.6) is 0 Å². The highest BCUT2D eigenvalue weighted by Crippen LogP contribution is 2.22. The molecule has 0 bridgehead atoms. The Labute approximate surface area is 234 Å². The van der Waals surface area contributed by atoms with Gasteiger partial charge in [0.25, 0.3) is 11.5 Å². The van der Waals surface area contributed by atoms with Crippen LogP contribution in [0.4, 0.5) is 5.82 Å². The first-order valence-corrected chi connectivity index (χ1v) is 12.0. The number of para-hydroxylation sites is 1. The van der Waals surface area contributed by atoms with E-state index >= 15 is 0 Å². The van der Waals surface area contributed by atoms with Crippen LogP contribution in [0.15, 0.2) is 83.9 Å². The summed E-state index contributed by atoms with van der Waals surface area (Å²) in [5.41, 5.74) is 6.14. The summed E-state index contributed by atoms with van der Waals surface area (Å²) in [4.78, 5) is 36.8. The molecule has 6 aromatic rings. The maximum atomic E-state index is 14.4. The summed E-state index contributed by atoms with van der Waals surface area (Å²) in [6.45, 7) is 1.54. The molecular weight excluding hydrogens is 506 g/mol. The van der Waals surface area contributed by atoms with Crippen LogP contribution >= 0.6 is 0 Å². The van der Waals surface area contributed by atoms with Gasteiger partial charge in [0.2, 0.25) is 0 Å². The number of nitrogens with one attached hydrogen (secondary N) is 1. The highest BCUT2D eigenvalue weighted by molar-refractivity contribution is 6.04.